The summed E-state index contributed by atoms with van der Waals surface area (Å²) in [6.07, 6.45) is -1.07. The predicted octanol–water partition coefficient (Wildman–Crippen LogP) is 1.000. The first-order valence-electron chi connectivity index (χ1n) is 9.86. The molecule has 1 saturated heterocycles. The number of thioether (sulfide) groups is 1. The van der Waals surface area contributed by atoms with Gasteiger partial charge in [-0.3, -0.25) is 24.0 Å². The van der Waals surface area contributed by atoms with Crippen LogP contribution in [0.3, 0.4) is 0 Å². The number of aliphatic carboxylic acids is 1. The Morgan fingerprint density at radius 2 is 2.09 bits per heavy atom. The quantitative estimate of drug-likeness (QED) is 0.425. The lowest BCUT2D eigenvalue weighted by atomic mass is 10.0. The molecule has 172 valence electrons. The van der Waals surface area contributed by atoms with Gasteiger partial charge < -0.3 is 15.2 Å². The van der Waals surface area contributed by atoms with Crippen LogP contribution >= 0.6 is 11.8 Å². The second-order valence-corrected chi connectivity index (χ2v) is 8.82. The molecule has 2 amide bonds. The number of carbonyl (C=O) groups excluding carboxylic acids is 3. The van der Waals surface area contributed by atoms with Crippen LogP contribution in [0.15, 0.2) is 17.3 Å². The highest BCUT2D eigenvalue weighted by Gasteiger charge is 2.54. The van der Waals surface area contributed by atoms with E-state index in [1.807, 2.05) is 0 Å². The fraction of sp³-hybridized carbons (Fsp3) is 0.526. The molecule has 0 bridgehead atoms. The summed E-state index contributed by atoms with van der Waals surface area (Å²) in [7, 11) is 0. The Morgan fingerprint density at radius 1 is 1.38 bits per heavy atom. The maximum absolute atomic E-state index is 13.0. The Balaban J connectivity index is 1.44. The number of nitrogens with one attached hydrogen (secondary N) is 1. The van der Waals surface area contributed by atoms with Crippen molar-refractivity contribution >= 4 is 35.5 Å². The Kier molecular flexibility index (Phi) is 5.93. The van der Waals surface area contributed by atoms with E-state index in [1.165, 1.54) is 29.4 Å². The number of amides is 2. The van der Waals surface area contributed by atoms with Crippen LogP contribution in [0.1, 0.15) is 43.5 Å². The Morgan fingerprint density at radius 3 is 2.69 bits per heavy atom. The predicted molar refractivity (Wildman–Crippen MR) is 105 cm³/mol. The molecule has 1 aromatic heterocycles. The van der Waals surface area contributed by atoms with Gasteiger partial charge in [-0.15, -0.1) is 11.8 Å². The van der Waals surface area contributed by atoms with Crippen molar-refractivity contribution in [2.45, 2.75) is 50.1 Å². The van der Waals surface area contributed by atoms with Gasteiger partial charge in [0, 0.05) is 29.9 Å². The molecular weight excluding hydrogens is 450 g/mol. The van der Waals surface area contributed by atoms with Gasteiger partial charge in [0.2, 0.25) is 5.91 Å². The molecule has 3 heterocycles. The van der Waals surface area contributed by atoms with E-state index in [4.69, 9.17) is 4.74 Å². The van der Waals surface area contributed by atoms with Crippen molar-refractivity contribution in [2.24, 2.45) is 0 Å². The van der Waals surface area contributed by atoms with E-state index in [0.29, 0.717) is 5.69 Å². The van der Waals surface area contributed by atoms with Gasteiger partial charge in [0.1, 0.15) is 36.0 Å². The number of fused-ring (bicyclic) bond motifs is 1. The molecule has 13 heteroatoms. The van der Waals surface area contributed by atoms with E-state index in [2.05, 4.69) is 10.4 Å². The summed E-state index contributed by atoms with van der Waals surface area (Å²) in [4.78, 5) is 49.0. The normalized spacial score (nSPS) is 22.5. The van der Waals surface area contributed by atoms with Gasteiger partial charge in [-0.05, 0) is 18.9 Å². The Bertz CT molecular complexity index is 1020. The standard InChI is InChI=1S/C19H20F2N4O6S/c1-8(26)31-6-10-7-32-18-14(17(28)25(18)15(10)19(29)30)22-13(27)5-24-12(9-2-3-9)4-11(23-24)16(20)21/h4,9,14,16,18H,2-3,5-7H2,1H3,(H,22,27)(H,29,30)/t14-,18-/m1/s1. The van der Waals surface area contributed by atoms with Crippen LogP contribution in [0.4, 0.5) is 8.78 Å². The third-order valence-corrected chi connectivity index (χ3v) is 6.70. The van der Waals surface area contributed by atoms with Crippen LogP contribution in [-0.4, -0.2) is 67.3 Å². The first-order chi connectivity index (χ1) is 15.2. The lowest BCUT2D eigenvalue weighted by Crippen LogP contribution is -2.70. The number of hydrogen-bond donors (Lipinski definition) is 2. The Labute approximate surface area is 184 Å². The average molecular weight is 470 g/mol. The highest BCUT2D eigenvalue weighted by molar-refractivity contribution is 8.00. The van der Waals surface area contributed by atoms with Crippen molar-refractivity contribution in [1.29, 1.82) is 0 Å². The van der Waals surface area contributed by atoms with Gasteiger partial charge in [-0.25, -0.2) is 13.6 Å². The number of halogens is 2. The zero-order valence-corrected chi connectivity index (χ0v) is 17.7. The van der Waals surface area contributed by atoms with Gasteiger partial charge in [0.25, 0.3) is 12.3 Å². The molecule has 0 aromatic carbocycles. The first kappa shape index (κ1) is 22.2. The van der Waals surface area contributed by atoms with Crippen molar-refractivity contribution < 1.29 is 37.8 Å². The maximum Gasteiger partial charge on any atom is 0.352 e. The summed E-state index contributed by atoms with van der Waals surface area (Å²) < 4.78 is 32.1. The lowest BCUT2D eigenvalue weighted by Gasteiger charge is -2.49. The van der Waals surface area contributed by atoms with Gasteiger partial charge in [0.05, 0.1) is 0 Å². The third-order valence-electron chi connectivity index (χ3n) is 5.36. The number of nitrogens with zero attached hydrogens (tertiary/aromatic N) is 3. The van der Waals surface area contributed by atoms with Crippen molar-refractivity contribution in [2.75, 3.05) is 12.4 Å². The van der Waals surface area contributed by atoms with Crippen LogP contribution < -0.4 is 5.32 Å². The second kappa shape index (κ2) is 8.52. The number of carboxylic acids is 1. The molecule has 4 rings (SSSR count). The van der Waals surface area contributed by atoms with E-state index in [-0.39, 0.29) is 36.1 Å². The maximum atomic E-state index is 13.0. The fourth-order valence-corrected chi connectivity index (χ4v) is 5.06. The van der Waals surface area contributed by atoms with Crippen molar-refractivity contribution in [1.82, 2.24) is 20.0 Å². The van der Waals surface area contributed by atoms with Crippen molar-refractivity contribution in [3.63, 3.8) is 0 Å². The monoisotopic (exact) mass is 470 g/mol. The van der Waals surface area contributed by atoms with Crippen molar-refractivity contribution in [3.8, 4) is 0 Å². The minimum Gasteiger partial charge on any atom is -0.477 e. The van der Waals surface area contributed by atoms with Crippen LogP contribution in [0.25, 0.3) is 0 Å². The molecule has 2 aliphatic heterocycles. The summed E-state index contributed by atoms with van der Waals surface area (Å²) in [6, 6.07) is 0.351. The average Bonchev–Trinajstić information content (AvgIpc) is 3.49. The number of hydrogen-bond acceptors (Lipinski definition) is 7. The van der Waals surface area contributed by atoms with E-state index in [1.54, 1.807) is 0 Å². The number of ether oxygens (including phenoxy) is 1. The summed E-state index contributed by atoms with van der Waals surface area (Å²) in [5.74, 6) is -2.80. The van der Waals surface area contributed by atoms with Crippen LogP contribution in [0, 0.1) is 0 Å². The molecule has 0 spiro atoms. The molecule has 1 saturated carbocycles. The fourth-order valence-electron chi connectivity index (χ4n) is 3.73. The molecule has 2 atom stereocenters. The number of aromatic nitrogens is 2. The van der Waals surface area contributed by atoms with E-state index >= 15 is 0 Å². The second-order valence-electron chi connectivity index (χ2n) is 7.72. The minimum atomic E-state index is -2.75. The summed E-state index contributed by atoms with van der Waals surface area (Å²) in [5.41, 5.74) is 0.202. The highest BCUT2D eigenvalue weighted by atomic mass is 32.2. The zero-order chi connectivity index (χ0) is 23.2. The lowest BCUT2D eigenvalue weighted by molar-refractivity contribution is -0.151. The molecule has 10 nitrogen and oxygen atoms in total. The molecule has 2 fully saturated rings. The van der Waals surface area contributed by atoms with E-state index < -0.39 is 47.3 Å². The van der Waals surface area contributed by atoms with Crippen LogP contribution in [-0.2, 0) is 30.5 Å². The van der Waals surface area contributed by atoms with E-state index in [0.717, 1.165) is 17.7 Å². The first-order valence-corrected chi connectivity index (χ1v) is 10.9. The topological polar surface area (TPSA) is 131 Å². The van der Waals surface area contributed by atoms with Gasteiger partial charge in [-0.1, -0.05) is 0 Å². The molecule has 1 aromatic rings. The van der Waals surface area contributed by atoms with Gasteiger partial charge >= 0.3 is 11.9 Å². The number of esters is 1. The SMILES string of the molecule is CC(=O)OCC1=C(C(=O)O)N2C(=O)[C@@H](NC(=O)Cn3nc(C(F)F)cc3C3CC3)[C@H]2SC1. The number of rotatable bonds is 8. The molecule has 3 aliphatic rings. The minimum absolute atomic E-state index is 0.0939. The molecule has 0 unspecified atom stereocenters. The largest absolute Gasteiger partial charge is 0.477 e. The number of β-lactam (4-membered cyclic amide) rings is 1. The van der Waals surface area contributed by atoms with Crippen molar-refractivity contribution in [3.05, 3.63) is 28.7 Å². The van der Waals surface area contributed by atoms with E-state index in [9.17, 15) is 33.1 Å². The molecule has 0 radical (unpaired) electrons. The highest BCUT2D eigenvalue weighted by Crippen LogP contribution is 2.42. The summed E-state index contributed by atoms with van der Waals surface area (Å²) in [6.45, 7) is 0.630. The Hall–Kier alpha value is -2.96. The molecular formula is C19H20F2N4O6S. The third kappa shape index (κ3) is 4.20. The summed E-state index contributed by atoms with van der Waals surface area (Å²) in [5, 5.41) is 15.3. The molecule has 1 aliphatic carbocycles. The summed E-state index contributed by atoms with van der Waals surface area (Å²) >= 11 is 1.24. The van der Waals surface area contributed by atoms with Crippen LogP contribution in [0.2, 0.25) is 0 Å². The smallest absolute Gasteiger partial charge is 0.352 e. The molecule has 2 N–H and O–H groups in total. The number of alkyl halides is 2. The molecule has 32 heavy (non-hydrogen) atoms. The van der Waals surface area contributed by atoms with Gasteiger partial charge in [0.15, 0.2) is 0 Å². The zero-order valence-electron chi connectivity index (χ0n) is 16.9. The van der Waals surface area contributed by atoms with Gasteiger partial charge in [-0.2, -0.15) is 5.10 Å². The number of carbonyl (C=O) groups is 4. The number of carboxylic acid groups (broad SMARTS) is 1. The van der Waals surface area contributed by atoms with Crippen LogP contribution in [0.5, 0.6) is 0 Å².